The van der Waals surface area contributed by atoms with Gasteiger partial charge in [0.1, 0.15) is 36.7 Å². The minimum absolute atomic E-state index is 0.0213. The van der Waals surface area contributed by atoms with Crippen LogP contribution in [0.5, 0.6) is 5.75 Å². The molecule has 0 aliphatic carbocycles. The Labute approximate surface area is 438 Å². The first-order valence-corrected chi connectivity index (χ1v) is 28.3. The van der Waals surface area contributed by atoms with Gasteiger partial charge >= 0.3 is 35.9 Å². The molecule has 77 heavy (non-hydrogen) atoms. The largest absolute Gasteiger partial charge is 0.730 e. The molecule has 2 aliphatic heterocycles. The fourth-order valence-corrected chi connectivity index (χ4v) is 10.9. The summed E-state index contributed by atoms with van der Waals surface area (Å²) in [6.07, 6.45) is 3.47. The number of phosphoric ester groups is 1. The van der Waals surface area contributed by atoms with Gasteiger partial charge in [0.05, 0.1) is 38.0 Å². The Morgan fingerprint density at radius 3 is 2.55 bits per heavy atom. The number of fused-ring (bicyclic) bond motifs is 1. The molecule has 4 heterocycles. The third kappa shape index (κ3) is 20.2. The topological polar surface area (TPSA) is 392 Å². The zero-order chi connectivity index (χ0) is 56.6. The van der Waals surface area contributed by atoms with Crippen LogP contribution in [-0.4, -0.2) is 131 Å². The molecule has 9 N–H and O–H groups in total. The van der Waals surface area contributed by atoms with Crippen LogP contribution < -0.4 is 37.0 Å². The average Bonchev–Trinajstić information content (AvgIpc) is 3.93. The number of benzene rings is 1. The molecule has 1 aromatic carbocycles. The number of hydrogen-bond donors (Lipinski definition) is 8. The number of nitrogens with zero attached hydrogens (tertiary/aromatic N) is 6. The van der Waals surface area contributed by atoms with Gasteiger partial charge in [-0.15, -0.1) is 0 Å². The van der Waals surface area contributed by atoms with E-state index >= 15 is 8.63 Å². The summed E-state index contributed by atoms with van der Waals surface area (Å²) in [5, 5.41) is 11.4. The van der Waals surface area contributed by atoms with E-state index in [1.165, 1.54) is 18.3 Å². The minimum atomic E-state index is -5.47. The highest BCUT2D eigenvalue weighted by molar-refractivity contribution is 7.68. The Kier molecular flexibility index (Phi) is 22.2. The number of amides is 3. The summed E-state index contributed by atoms with van der Waals surface area (Å²) in [5.74, 6) is 3.91. The van der Waals surface area contributed by atoms with E-state index < -0.39 is 85.4 Å². The molecule has 1 fully saturated rings. The van der Waals surface area contributed by atoms with Crippen LogP contribution in [0.1, 0.15) is 71.7 Å². The molecule has 0 saturated carbocycles. The predicted molar refractivity (Wildman–Crippen MR) is 272 cm³/mol. The van der Waals surface area contributed by atoms with E-state index in [0.717, 1.165) is 20.2 Å². The van der Waals surface area contributed by atoms with E-state index in [9.17, 15) is 42.7 Å². The lowest BCUT2D eigenvalue weighted by Crippen LogP contribution is -2.91. The molecular weight excluding hydrogens is 1080 g/mol. The van der Waals surface area contributed by atoms with Gasteiger partial charge in [0.2, 0.25) is 11.8 Å². The molecule has 34 heteroatoms. The summed E-state index contributed by atoms with van der Waals surface area (Å²) < 4.78 is 103. The van der Waals surface area contributed by atoms with Crippen molar-refractivity contribution in [1.29, 1.82) is 0 Å². The van der Waals surface area contributed by atoms with E-state index in [2.05, 4.69) is 60.8 Å². The number of carbonyl (C=O) groups excluding carboxylic acids is 3. The van der Waals surface area contributed by atoms with E-state index in [1.807, 2.05) is 6.92 Å². The molecule has 2 aliphatic rings. The molecule has 0 bridgehead atoms. The van der Waals surface area contributed by atoms with Gasteiger partial charge in [0, 0.05) is 61.0 Å². The number of anilines is 1. The number of ether oxygens (including phenoxy) is 4. The fourth-order valence-electron chi connectivity index (χ4n) is 7.40. The van der Waals surface area contributed by atoms with Gasteiger partial charge in [-0.3, -0.25) is 28.0 Å². The van der Waals surface area contributed by atoms with Crippen LogP contribution in [0.3, 0.4) is 0 Å². The second-order valence-electron chi connectivity index (χ2n) is 17.1. The number of halogens is 2. The van der Waals surface area contributed by atoms with Crippen LogP contribution in [-0.2, 0) is 50.6 Å². The molecule has 0 radical (unpaired) electrons. The van der Waals surface area contributed by atoms with E-state index in [1.54, 1.807) is 50.3 Å². The van der Waals surface area contributed by atoms with E-state index in [4.69, 9.17) is 35.1 Å². The number of azide groups is 1. The Balaban J connectivity index is 0.969. The number of allylic oxidation sites excluding steroid dienone is 3. The minimum Gasteiger partial charge on any atom is -0.491 e. The highest BCUT2D eigenvalue weighted by Crippen LogP contribution is 2.66. The molecule has 5 rings (SSSR count). The van der Waals surface area contributed by atoms with Crippen LogP contribution in [0.15, 0.2) is 64.2 Å². The number of rotatable bonds is 26. The summed E-state index contributed by atoms with van der Waals surface area (Å²) in [5.41, 5.74) is 16.9. The molecule has 6 atom stereocenters. The molecule has 2 aromatic heterocycles. The van der Waals surface area contributed by atoms with Crippen LogP contribution >= 0.6 is 23.2 Å². The van der Waals surface area contributed by atoms with Gasteiger partial charge in [-0.05, 0) is 86.3 Å². The number of nitrogens with one attached hydrogen (secondary N) is 4. The lowest BCUT2D eigenvalue weighted by Gasteiger charge is -2.20. The quantitative estimate of drug-likeness (QED) is 0.0109. The van der Waals surface area contributed by atoms with Gasteiger partial charge in [-0.1, -0.05) is 29.1 Å². The van der Waals surface area contributed by atoms with Gasteiger partial charge in [0.15, 0.2) is 6.23 Å². The number of aromatic nitrogens is 3. The number of nitrogens with two attached hydrogens (primary N) is 1. The first-order valence-electron chi connectivity index (χ1n) is 23.3. The van der Waals surface area contributed by atoms with Crippen molar-refractivity contribution in [2.45, 2.75) is 65.0 Å². The van der Waals surface area contributed by atoms with E-state index in [0.29, 0.717) is 18.1 Å². The molecule has 28 nitrogen and oxygen atoms in total. The summed E-state index contributed by atoms with van der Waals surface area (Å²) >= 11 is 0. The van der Waals surface area contributed by atoms with Gasteiger partial charge < -0.3 is 73.3 Å². The SMILES string of the molecule is CC1=Cc2c(C)cc(C)n2[B-](F)(F)[NH+]=C(CCC(=O)NCCNC(=O)c2cccc(OCC(N=[N+]=[N-])OCCOCC(=O)NCC#Cc3cn([C@H]4CC[C@@H](COP(=O)(O)OP(=O)(O)OP(C)(=O)O)O4)c(=O)nc3N)c2)C=C1. The molecule has 3 aromatic rings. The highest BCUT2D eigenvalue weighted by Gasteiger charge is 2.42. The van der Waals surface area contributed by atoms with Crippen molar-refractivity contribution < 1.29 is 88.4 Å². The standard InChI is InChI=1S/C43H57BF2N11O17P3/c1-28-10-11-33(53-44(45,46)57-30(3)22-29(2)36(57)21-28)12-14-37(58)50-17-18-51-42(60)31-7-5-9-34(23-31)70-27-39(54-55-48)69-20-19-68-26-38(59)49-16-6-8-32-24-56(43(61)52-41(32)47)40-15-13-35(72-40)25-71-76(64,65)74-77(66,67)73-75(4,62)63/h5,7,9-11,21-24,35,39-40,53H,12-20,25-27H2,1-4H3,(H,49,59)(H,50,58)(H,51,60)(H,62,63)(H,64,65)(H,66,67)(H2,47,52,61)/t35-,39?,40+/m0/s1. The Hall–Kier alpha value is -6.34. The van der Waals surface area contributed by atoms with Crippen molar-refractivity contribution in [3.05, 3.63) is 103 Å². The predicted octanol–water partition coefficient (Wildman–Crippen LogP) is 2.25. The van der Waals surface area contributed by atoms with Crippen molar-refractivity contribution in [3.8, 4) is 17.6 Å². The molecule has 1 saturated heterocycles. The molecular formula is C43H57BF2N11O17P3. The van der Waals surface area contributed by atoms with Crippen molar-refractivity contribution >= 4 is 65.5 Å². The van der Waals surface area contributed by atoms with E-state index in [-0.39, 0.29) is 93.5 Å². The number of phosphoric acid groups is 2. The third-order valence-electron chi connectivity index (χ3n) is 10.7. The zero-order valence-corrected chi connectivity index (χ0v) is 44.6. The summed E-state index contributed by atoms with van der Waals surface area (Å²) in [7, 11) is -15.4. The van der Waals surface area contributed by atoms with Gasteiger partial charge in [-0.2, -0.15) is 9.29 Å². The van der Waals surface area contributed by atoms with Gasteiger partial charge in [-0.25, -0.2) is 18.2 Å². The maximum atomic E-state index is 15.5. The smallest absolute Gasteiger partial charge is 0.491 e. The second kappa shape index (κ2) is 27.8. The van der Waals surface area contributed by atoms with Crippen LogP contribution in [0.2, 0.25) is 0 Å². The lowest BCUT2D eigenvalue weighted by atomic mass is 9.96. The Bertz CT molecular complexity index is 3080. The number of nitrogen functional groups attached to an aromatic ring is 1. The van der Waals surface area contributed by atoms with Crippen LogP contribution in [0.4, 0.5) is 14.4 Å². The number of aryl methyl sites for hydroxylation is 2. The van der Waals surface area contributed by atoms with Crippen molar-refractivity contribution in [2.75, 3.05) is 65.1 Å². The summed E-state index contributed by atoms with van der Waals surface area (Å²) in [6.45, 7) is -0.0906. The average molecular weight is 1140 g/mol. The van der Waals surface area contributed by atoms with Crippen LogP contribution in [0, 0.1) is 25.7 Å². The molecule has 3 amide bonds. The normalized spacial score (nSPS) is 18.6. The van der Waals surface area contributed by atoms with Crippen molar-refractivity contribution in [1.82, 2.24) is 30.0 Å². The number of carbonyl (C=O) groups is 3. The maximum absolute atomic E-state index is 15.5. The molecule has 0 spiro atoms. The third-order valence-corrected chi connectivity index (χ3v) is 14.9. The lowest BCUT2D eigenvalue weighted by molar-refractivity contribution is -0.341. The fraction of sp³-hybridized carbons (Fsp3) is 0.442. The summed E-state index contributed by atoms with van der Waals surface area (Å²) in [6, 6.07) is 7.79. The van der Waals surface area contributed by atoms with Crippen LogP contribution in [0.25, 0.3) is 16.5 Å². The molecule has 418 valence electrons. The highest BCUT2D eigenvalue weighted by atomic mass is 31.3. The maximum Gasteiger partial charge on any atom is 0.730 e. The Morgan fingerprint density at radius 2 is 1.81 bits per heavy atom. The zero-order valence-electron chi connectivity index (χ0n) is 41.9. The summed E-state index contributed by atoms with van der Waals surface area (Å²) in [4.78, 5) is 87.7. The van der Waals surface area contributed by atoms with Crippen molar-refractivity contribution in [2.24, 2.45) is 5.11 Å². The molecule has 4 unspecified atom stereocenters. The monoisotopic (exact) mass is 1140 g/mol. The van der Waals surface area contributed by atoms with Crippen molar-refractivity contribution in [3.63, 3.8) is 0 Å². The Morgan fingerprint density at radius 1 is 1.05 bits per heavy atom. The van der Waals surface area contributed by atoms with Gasteiger partial charge in [0.25, 0.3) is 5.91 Å². The second-order valence-corrected chi connectivity index (χ2v) is 22.1. The first-order chi connectivity index (χ1) is 36.2. The first kappa shape index (κ1) is 61.5. The number of hydrogen-bond acceptors (Lipinski definition) is 17.